The number of pyridine rings is 2. The lowest BCUT2D eigenvalue weighted by Crippen LogP contribution is -2.21. The van der Waals surface area contributed by atoms with E-state index in [9.17, 15) is 4.79 Å². The molecule has 0 fully saturated rings. The molecule has 0 aliphatic heterocycles. The molecule has 0 aliphatic carbocycles. The summed E-state index contributed by atoms with van der Waals surface area (Å²) in [7, 11) is 3.49. The van der Waals surface area contributed by atoms with Crippen molar-refractivity contribution in [2.24, 2.45) is 0 Å². The Morgan fingerprint density at radius 3 is 2.73 bits per heavy atom. The number of amides is 1. The Kier molecular flexibility index (Phi) is 4.44. The average molecular weight is 414 g/mol. The van der Waals surface area contributed by atoms with Gasteiger partial charge in [-0.15, -0.1) is 11.3 Å². The number of fused-ring (bicyclic) bond motifs is 2. The van der Waals surface area contributed by atoms with E-state index in [1.165, 1.54) is 0 Å². The lowest BCUT2D eigenvalue weighted by Gasteiger charge is -2.07. The average Bonchev–Trinajstić information content (AvgIpc) is 3.38. The molecular formula is C23H19N5OS. The number of nitrogens with zero attached hydrogens (tertiary/aromatic N) is 3. The van der Waals surface area contributed by atoms with Crippen molar-refractivity contribution in [3.63, 3.8) is 0 Å². The van der Waals surface area contributed by atoms with Gasteiger partial charge in [0.1, 0.15) is 5.69 Å². The van der Waals surface area contributed by atoms with E-state index >= 15 is 0 Å². The fourth-order valence-electron chi connectivity index (χ4n) is 3.39. The molecule has 0 unspecified atom stereocenters. The van der Waals surface area contributed by atoms with E-state index < -0.39 is 0 Å². The number of aromatic nitrogens is 3. The molecule has 4 aromatic heterocycles. The molecule has 5 aromatic rings. The van der Waals surface area contributed by atoms with Gasteiger partial charge in [0.05, 0.1) is 26.5 Å². The summed E-state index contributed by atoms with van der Waals surface area (Å²) in [5, 5.41) is 4.49. The lowest BCUT2D eigenvalue weighted by molar-refractivity contribution is 0.0823. The van der Waals surface area contributed by atoms with Crippen LogP contribution in [0.15, 0.2) is 67.0 Å². The Balaban J connectivity index is 1.50. The summed E-state index contributed by atoms with van der Waals surface area (Å²) in [6.45, 7) is 0. The SMILES string of the molecule is CN(C)C(=O)c1cc2cc(Nc3ccnc4cc(-c5ccccn5)sc34)ccc2[nH]1. The first-order valence-electron chi connectivity index (χ1n) is 9.50. The second-order valence-electron chi connectivity index (χ2n) is 7.21. The molecule has 1 aromatic carbocycles. The summed E-state index contributed by atoms with van der Waals surface area (Å²) in [6, 6.07) is 17.9. The predicted octanol–water partition coefficient (Wildman–Crippen LogP) is 5.29. The van der Waals surface area contributed by atoms with Crippen molar-refractivity contribution in [2.75, 3.05) is 19.4 Å². The van der Waals surface area contributed by atoms with Crippen LogP contribution in [0.25, 0.3) is 31.7 Å². The van der Waals surface area contributed by atoms with Crippen LogP contribution in [-0.4, -0.2) is 39.9 Å². The van der Waals surface area contributed by atoms with E-state index in [1.54, 1.807) is 36.5 Å². The van der Waals surface area contributed by atoms with E-state index in [0.29, 0.717) is 5.69 Å². The maximum Gasteiger partial charge on any atom is 0.269 e. The normalized spacial score (nSPS) is 11.1. The Hall–Kier alpha value is -3.71. The van der Waals surface area contributed by atoms with Crippen molar-refractivity contribution in [1.82, 2.24) is 19.9 Å². The van der Waals surface area contributed by atoms with Crippen molar-refractivity contribution < 1.29 is 4.79 Å². The van der Waals surface area contributed by atoms with Crippen LogP contribution in [-0.2, 0) is 0 Å². The minimum Gasteiger partial charge on any atom is -0.354 e. The molecule has 0 spiro atoms. The Morgan fingerprint density at radius 1 is 1.03 bits per heavy atom. The van der Waals surface area contributed by atoms with Crippen LogP contribution in [0.4, 0.5) is 11.4 Å². The van der Waals surface area contributed by atoms with Gasteiger partial charge in [-0.2, -0.15) is 0 Å². The van der Waals surface area contributed by atoms with E-state index in [2.05, 4.69) is 26.3 Å². The maximum atomic E-state index is 12.2. The van der Waals surface area contributed by atoms with Gasteiger partial charge in [-0.3, -0.25) is 14.8 Å². The minimum absolute atomic E-state index is 0.0443. The zero-order valence-corrected chi connectivity index (χ0v) is 17.3. The Morgan fingerprint density at radius 2 is 1.93 bits per heavy atom. The highest BCUT2D eigenvalue weighted by Gasteiger charge is 2.13. The van der Waals surface area contributed by atoms with Gasteiger partial charge < -0.3 is 15.2 Å². The molecular weight excluding hydrogens is 394 g/mol. The van der Waals surface area contributed by atoms with Crippen molar-refractivity contribution in [3.8, 4) is 10.6 Å². The molecule has 0 saturated heterocycles. The van der Waals surface area contributed by atoms with Crippen molar-refractivity contribution >= 4 is 49.7 Å². The van der Waals surface area contributed by atoms with Crippen LogP contribution in [0.3, 0.4) is 0 Å². The molecule has 4 heterocycles. The van der Waals surface area contributed by atoms with Crippen LogP contribution < -0.4 is 5.32 Å². The number of nitrogens with one attached hydrogen (secondary N) is 2. The third-order valence-electron chi connectivity index (χ3n) is 4.87. The summed E-state index contributed by atoms with van der Waals surface area (Å²) in [5.41, 5.74) is 5.33. The first-order valence-corrected chi connectivity index (χ1v) is 10.3. The number of H-pyrrole nitrogens is 1. The van der Waals surface area contributed by atoms with E-state index in [0.717, 1.165) is 43.1 Å². The summed E-state index contributed by atoms with van der Waals surface area (Å²) in [4.78, 5) is 27.0. The molecule has 7 heteroatoms. The van der Waals surface area contributed by atoms with Crippen LogP contribution >= 0.6 is 11.3 Å². The number of thiophene rings is 1. The third-order valence-corrected chi connectivity index (χ3v) is 6.05. The molecule has 5 rings (SSSR count). The van der Waals surface area contributed by atoms with Crippen LogP contribution in [0.2, 0.25) is 0 Å². The van der Waals surface area contributed by atoms with Gasteiger partial charge in [0.15, 0.2) is 0 Å². The molecule has 0 bridgehead atoms. The molecule has 30 heavy (non-hydrogen) atoms. The standard InChI is InChI=1S/C23H19N5OS/c1-28(2)23(29)20-12-14-11-15(6-7-16(14)27-20)26-18-8-10-25-19-13-21(30-22(18)19)17-5-3-4-9-24-17/h3-13,27H,1-2H3,(H,25,26). The number of benzene rings is 1. The number of aromatic amines is 1. The van der Waals surface area contributed by atoms with Crippen LogP contribution in [0, 0.1) is 0 Å². The topological polar surface area (TPSA) is 73.9 Å². The molecule has 1 amide bonds. The van der Waals surface area contributed by atoms with Crippen molar-refractivity contribution in [1.29, 1.82) is 0 Å². The molecule has 148 valence electrons. The molecule has 0 saturated carbocycles. The van der Waals surface area contributed by atoms with Gasteiger partial charge in [0, 0.05) is 43.1 Å². The van der Waals surface area contributed by atoms with E-state index in [4.69, 9.17) is 0 Å². The number of anilines is 2. The monoisotopic (exact) mass is 413 g/mol. The third kappa shape index (κ3) is 3.29. The van der Waals surface area contributed by atoms with Gasteiger partial charge in [-0.25, -0.2) is 0 Å². The summed E-state index contributed by atoms with van der Waals surface area (Å²) in [5.74, 6) is -0.0443. The summed E-state index contributed by atoms with van der Waals surface area (Å²) >= 11 is 1.67. The largest absolute Gasteiger partial charge is 0.354 e. The first kappa shape index (κ1) is 18.3. The van der Waals surface area contributed by atoms with Gasteiger partial charge in [-0.1, -0.05) is 6.07 Å². The molecule has 0 atom stereocenters. The highest BCUT2D eigenvalue weighted by atomic mass is 32.1. The predicted molar refractivity (Wildman–Crippen MR) is 122 cm³/mol. The first-order chi connectivity index (χ1) is 14.6. The Bertz CT molecular complexity index is 1370. The zero-order valence-electron chi connectivity index (χ0n) is 16.5. The number of carbonyl (C=O) groups is 1. The molecule has 2 N–H and O–H groups in total. The summed E-state index contributed by atoms with van der Waals surface area (Å²) < 4.78 is 1.08. The second kappa shape index (κ2) is 7.27. The molecule has 0 aliphatic rings. The van der Waals surface area contributed by atoms with Crippen molar-refractivity contribution in [3.05, 3.63) is 72.7 Å². The van der Waals surface area contributed by atoms with Crippen LogP contribution in [0.5, 0.6) is 0 Å². The quantitative estimate of drug-likeness (QED) is 0.420. The van der Waals surface area contributed by atoms with Gasteiger partial charge >= 0.3 is 0 Å². The van der Waals surface area contributed by atoms with Crippen LogP contribution in [0.1, 0.15) is 10.5 Å². The number of rotatable bonds is 4. The van der Waals surface area contributed by atoms with Gasteiger partial charge in [0.2, 0.25) is 0 Å². The number of hydrogen-bond acceptors (Lipinski definition) is 5. The number of hydrogen-bond donors (Lipinski definition) is 2. The highest BCUT2D eigenvalue weighted by molar-refractivity contribution is 7.22. The molecule has 6 nitrogen and oxygen atoms in total. The minimum atomic E-state index is -0.0443. The molecule has 0 radical (unpaired) electrons. The summed E-state index contributed by atoms with van der Waals surface area (Å²) in [6.07, 6.45) is 3.61. The smallest absolute Gasteiger partial charge is 0.269 e. The van der Waals surface area contributed by atoms with E-state index in [1.807, 2.05) is 54.7 Å². The van der Waals surface area contributed by atoms with E-state index in [-0.39, 0.29) is 5.91 Å². The lowest BCUT2D eigenvalue weighted by atomic mass is 10.2. The zero-order chi connectivity index (χ0) is 20.7. The van der Waals surface area contributed by atoms with Gasteiger partial charge in [0.25, 0.3) is 5.91 Å². The second-order valence-corrected chi connectivity index (χ2v) is 8.26. The Labute approximate surface area is 177 Å². The maximum absolute atomic E-state index is 12.2. The van der Waals surface area contributed by atoms with Gasteiger partial charge in [-0.05, 0) is 48.5 Å². The fourth-order valence-corrected chi connectivity index (χ4v) is 4.45. The fraction of sp³-hybridized carbons (Fsp3) is 0.0870. The van der Waals surface area contributed by atoms with Crippen molar-refractivity contribution in [2.45, 2.75) is 0 Å². The highest BCUT2D eigenvalue weighted by Crippen LogP contribution is 2.37. The number of carbonyl (C=O) groups excluding carboxylic acids is 1.